The quantitative estimate of drug-likeness (QED) is 0.711. The zero-order valence-corrected chi connectivity index (χ0v) is 13.9. The third-order valence-corrected chi connectivity index (χ3v) is 4.82. The van der Waals surface area contributed by atoms with Crippen LogP contribution in [0.1, 0.15) is 44.0 Å². The van der Waals surface area contributed by atoms with E-state index >= 15 is 0 Å². The van der Waals surface area contributed by atoms with Crippen LogP contribution in [0.2, 0.25) is 0 Å². The van der Waals surface area contributed by atoms with Gasteiger partial charge in [0.15, 0.2) is 0 Å². The van der Waals surface area contributed by atoms with Crippen molar-refractivity contribution in [1.29, 1.82) is 0 Å². The molecule has 1 heterocycles. The second-order valence-electron chi connectivity index (χ2n) is 6.31. The van der Waals surface area contributed by atoms with Gasteiger partial charge in [-0.1, -0.05) is 32.6 Å². The lowest BCUT2D eigenvalue weighted by molar-refractivity contribution is 0.195. The highest BCUT2D eigenvalue weighted by Crippen LogP contribution is 2.33. The van der Waals surface area contributed by atoms with Crippen molar-refractivity contribution >= 4 is 0 Å². The van der Waals surface area contributed by atoms with Crippen LogP contribution in [0.15, 0.2) is 6.07 Å². The Bertz CT molecular complexity index is 410. The summed E-state index contributed by atoms with van der Waals surface area (Å²) < 4.78 is 7.21. The molecule has 0 aliphatic heterocycles. The van der Waals surface area contributed by atoms with Crippen molar-refractivity contribution in [3.63, 3.8) is 0 Å². The lowest BCUT2D eigenvalue weighted by Crippen LogP contribution is -2.31. The van der Waals surface area contributed by atoms with E-state index in [1.807, 2.05) is 0 Å². The maximum Gasteiger partial charge on any atom is 0.0624 e. The average molecular weight is 293 g/mol. The second kappa shape index (κ2) is 8.54. The van der Waals surface area contributed by atoms with Gasteiger partial charge in [-0.2, -0.15) is 5.10 Å². The highest BCUT2D eigenvalue weighted by molar-refractivity contribution is 5.11. The number of hydrogen-bond acceptors (Lipinski definition) is 3. The van der Waals surface area contributed by atoms with Gasteiger partial charge in [0.25, 0.3) is 0 Å². The molecule has 1 saturated carbocycles. The van der Waals surface area contributed by atoms with E-state index in [0.29, 0.717) is 0 Å². The maximum atomic E-state index is 5.13. The highest BCUT2D eigenvalue weighted by atomic mass is 16.5. The van der Waals surface area contributed by atoms with Gasteiger partial charge in [0.05, 0.1) is 12.3 Å². The Kier molecular flexibility index (Phi) is 6.71. The minimum absolute atomic E-state index is 0.726. The van der Waals surface area contributed by atoms with Gasteiger partial charge >= 0.3 is 0 Å². The number of aromatic nitrogens is 2. The maximum absolute atomic E-state index is 5.13. The van der Waals surface area contributed by atoms with Gasteiger partial charge in [0.1, 0.15) is 0 Å². The molecule has 21 heavy (non-hydrogen) atoms. The molecule has 0 radical (unpaired) electrons. The number of rotatable bonds is 9. The average Bonchev–Trinajstić information content (AvgIpc) is 3.12. The van der Waals surface area contributed by atoms with Gasteiger partial charge in [-0.3, -0.25) is 4.68 Å². The predicted octanol–water partition coefficient (Wildman–Crippen LogP) is 2.57. The van der Waals surface area contributed by atoms with Gasteiger partial charge in [0.2, 0.25) is 0 Å². The van der Waals surface area contributed by atoms with Gasteiger partial charge in [0, 0.05) is 26.4 Å². The molecule has 1 aromatic heterocycles. The van der Waals surface area contributed by atoms with Crippen LogP contribution in [0.5, 0.6) is 0 Å². The fraction of sp³-hybridized carbons (Fsp3) is 0.824. The molecule has 1 atom stereocenters. The molecule has 0 spiro atoms. The number of ether oxygens (including phenoxy) is 1. The topological polar surface area (TPSA) is 39.1 Å². The molecule has 1 unspecified atom stereocenters. The normalized spacial score (nSPS) is 17.5. The lowest BCUT2D eigenvalue weighted by atomic mass is 9.87. The van der Waals surface area contributed by atoms with Gasteiger partial charge in [-0.15, -0.1) is 0 Å². The van der Waals surface area contributed by atoms with E-state index in [2.05, 4.69) is 35.1 Å². The van der Waals surface area contributed by atoms with E-state index in [1.54, 1.807) is 7.11 Å². The number of methoxy groups -OCH3 is 1. The first-order valence-corrected chi connectivity index (χ1v) is 8.46. The zero-order chi connectivity index (χ0) is 15.1. The first-order chi connectivity index (χ1) is 10.2. The molecule has 0 aromatic carbocycles. The van der Waals surface area contributed by atoms with Crippen LogP contribution in [0.25, 0.3) is 0 Å². The van der Waals surface area contributed by atoms with Crippen LogP contribution in [-0.2, 0) is 24.6 Å². The summed E-state index contributed by atoms with van der Waals surface area (Å²) in [4.78, 5) is 0. The summed E-state index contributed by atoms with van der Waals surface area (Å²) in [6, 6.07) is 2.29. The molecule has 120 valence electrons. The monoisotopic (exact) mass is 293 g/mol. The van der Waals surface area contributed by atoms with E-state index in [4.69, 9.17) is 4.74 Å². The van der Waals surface area contributed by atoms with Gasteiger partial charge < -0.3 is 10.1 Å². The fourth-order valence-corrected chi connectivity index (χ4v) is 3.50. The number of nitrogens with zero attached hydrogens (tertiary/aromatic N) is 2. The molecule has 1 N–H and O–H groups in total. The SMILES string of the molecule is CCc1cc(CC(CNCCOC)C2CCCC2)n(C)n1. The predicted molar refractivity (Wildman–Crippen MR) is 86.5 cm³/mol. The van der Waals surface area contributed by atoms with E-state index < -0.39 is 0 Å². The van der Waals surface area contributed by atoms with Crippen molar-refractivity contribution in [2.45, 2.75) is 45.4 Å². The number of hydrogen-bond donors (Lipinski definition) is 1. The largest absolute Gasteiger partial charge is 0.383 e. The molecule has 4 nitrogen and oxygen atoms in total. The van der Waals surface area contributed by atoms with Crippen molar-refractivity contribution in [1.82, 2.24) is 15.1 Å². The Balaban J connectivity index is 1.95. The molecule has 0 bridgehead atoms. The first kappa shape index (κ1) is 16.5. The standard InChI is InChI=1S/C17H31N3O/c1-4-16-12-17(20(2)19-16)11-15(13-18-9-10-21-3)14-7-5-6-8-14/h12,14-15,18H,4-11,13H2,1-3H3. The summed E-state index contributed by atoms with van der Waals surface area (Å²) in [5.41, 5.74) is 2.60. The molecular weight excluding hydrogens is 262 g/mol. The Morgan fingerprint density at radius 1 is 1.43 bits per heavy atom. The Morgan fingerprint density at radius 2 is 2.19 bits per heavy atom. The summed E-state index contributed by atoms with van der Waals surface area (Å²) in [5.74, 6) is 1.60. The van der Waals surface area contributed by atoms with Crippen LogP contribution in [0.3, 0.4) is 0 Å². The molecule has 4 heteroatoms. The Morgan fingerprint density at radius 3 is 2.81 bits per heavy atom. The lowest BCUT2D eigenvalue weighted by Gasteiger charge is -2.24. The molecule has 2 rings (SSSR count). The van der Waals surface area contributed by atoms with Crippen LogP contribution >= 0.6 is 0 Å². The summed E-state index contributed by atoms with van der Waals surface area (Å²) in [5, 5.41) is 8.16. The zero-order valence-electron chi connectivity index (χ0n) is 13.9. The van der Waals surface area contributed by atoms with Crippen LogP contribution in [0, 0.1) is 11.8 Å². The van der Waals surface area contributed by atoms with E-state index in [-0.39, 0.29) is 0 Å². The second-order valence-corrected chi connectivity index (χ2v) is 6.31. The fourth-order valence-electron chi connectivity index (χ4n) is 3.50. The molecule has 1 aliphatic carbocycles. The van der Waals surface area contributed by atoms with Crippen molar-refractivity contribution in [3.8, 4) is 0 Å². The highest BCUT2D eigenvalue weighted by Gasteiger charge is 2.25. The smallest absolute Gasteiger partial charge is 0.0624 e. The summed E-state index contributed by atoms with van der Waals surface area (Å²) in [6.45, 7) is 5.02. The third-order valence-electron chi connectivity index (χ3n) is 4.82. The van der Waals surface area contributed by atoms with E-state index in [0.717, 1.165) is 44.4 Å². The van der Waals surface area contributed by atoms with Crippen molar-refractivity contribution in [2.75, 3.05) is 26.8 Å². The summed E-state index contributed by atoms with van der Waals surface area (Å²) >= 11 is 0. The van der Waals surface area contributed by atoms with Crippen LogP contribution in [-0.4, -0.2) is 36.6 Å². The molecule has 0 saturated heterocycles. The number of nitrogens with one attached hydrogen (secondary N) is 1. The van der Waals surface area contributed by atoms with E-state index in [9.17, 15) is 0 Å². The third kappa shape index (κ3) is 4.82. The van der Waals surface area contributed by atoms with Crippen LogP contribution < -0.4 is 5.32 Å². The molecule has 1 aliphatic rings. The van der Waals surface area contributed by atoms with Gasteiger partial charge in [-0.05, 0) is 37.3 Å². The van der Waals surface area contributed by atoms with Crippen molar-refractivity contribution in [3.05, 3.63) is 17.5 Å². The van der Waals surface area contributed by atoms with Crippen LogP contribution in [0.4, 0.5) is 0 Å². The van der Waals surface area contributed by atoms with Gasteiger partial charge in [-0.25, -0.2) is 0 Å². The minimum Gasteiger partial charge on any atom is -0.383 e. The molecule has 1 aromatic rings. The summed E-state index contributed by atoms with van der Waals surface area (Å²) in [6.07, 6.45) is 7.78. The van der Waals surface area contributed by atoms with E-state index in [1.165, 1.54) is 37.1 Å². The Labute approximate surface area is 129 Å². The van der Waals surface area contributed by atoms with Crippen molar-refractivity contribution < 1.29 is 4.74 Å². The first-order valence-electron chi connectivity index (χ1n) is 8.46. The minimum atomic E-state index is 0.726. The molecule has 1 fully saturated rings. The number of aryl methyl sites for hydroxylation is 2. The summed E-state index contributed by atoms with van der Waals surface area (Å²) in [7, 11) is 3.84. The molecular formula is C17H31N3O. The van der Waals surface area contributed by atoms with Crippen molar-refractivity contribution in [2.24, 2.45) is 18.9 Å². The molecule has 0 amide bonds. The Hall–Kier alpha value is -0.870.